The molecule has 0 atom stereocenters. The number of halogens is 1. The van der Waals surface area contributed by atoms with Gasteiger partial charge >= 0.3 is 0 Å². The van der Waals surface area contributed by atoms with E-state index < -0.39 is 0 Å². The number of nitrogens with one attached hydrogen (secondary N) is 1. The van der Waals surface area contributed by atoms with Crippen LogP contribution >= 0.6 is 0 Å². The molecule has 104 valence electrons. The molecule has 0 aliphatic heterocycles. The highest BCUT2D eigenvalue weighted by Crippen LogP contribution is 2.22. The van der Waals surface area contributed by atoms with Crippen LogP contribution in [0.25, 0.3) is 0 Å². The van der Waals surface area contributed by atoms with E-state index in [9.17, 15) is 4.39 Å². The molecule has 0 bridgehead atoms. The van der Waals surface area contributed by atoms with E-state index in [2.05, 4.69) is 4.98 Å². The molecule has 5 heteroatoms. The lowest BCUT2D eigenvalue weighted by Crippen LogP contribution is -2.24. The van der Waals surface area contributed by atoms with E-state index in [1.54, 1.807) is 18.3 Å². The van der Waals surface area contributed by atoms with Crippen molar-refractivity contribution in [2.75, 3.05) is 11.4 Å². The Bertz CT molecular complexity index is 598. The largest absolute Gasteiger partial charge is 0.384 e. The minimum Gasteiger partial charge on any atom is -0.384 e. The molecule has 1 aromatic carbocycles. The van der Waals surface area contributed by atoms with Gasteiger partial charge in [0.15, 0.2) is 0 Å². The molecule has 2 rings (SSSR count). The van der Waals surface area contributed by atoms with Crippen LogP contribution in [0.5, 0.6) is 0 Å². The Morgan fingerprint density at radius 2 is 2.15 bits per heavy atom. The summed E-state index contributed by atoms with van der Waals surface area (Å²) in [6.07, 6.45) is 1.72. The predicted octanol–water partition coefficient (Wildman–Crippen LogP) is 2.53. The number of hydrogen-bond donors (Lipinski definition) is 2. The van der Waals surface area contributed by atoms with E-state index in [1.807, 2.05) is 30.0 Å². The van der Waals surface area contributed by atoms with Gasteiger partial charge in [0.2, 0.25) is 0 Å². The molecule has 0 saturated heterocycles. The molecule has 0 spiro atoms. The molecule has 1 heterocycles. The van der Waals surface area contributed by atoms with Gasteiger partial charge in [0.1, 0.15) is 11.7 Å². The van der Waals surface area contributed by atoms with Crippen molar-refractivity contribution in [3.8, 4) is 0 Å². The second-order valence-corrected chi connectivity index (χ2v) is 4.42. The topological polar surface area (TPSA) is 66.0 Å². The molecule has 3 N–H and O–H groups in total. The Labute approximate surface area is 117 Å². The van der Waals surface area contributed by atoms with E-state index in [4.69, 9.17) is 11.1 Å². The van der Waals surface area contributed by atoms with Crippen molar-refractivity contribution in [3.05, 3.63) is 59.7 Å². The van der Waals surface area contributed by atoms with Crippen molar-refractivity contribution in [1.29, 1.82) is 5.41 Å². The first-order chi connectivity index (χ1) is 9.61. The average molecular weight is 272 g/mol. The smallest absolute Gasteiger partial charge is 0.147 e. The molecule has 2 aromatic rings. The van der Waals surface area contributed by atoms with Crippen LogP contribution in [0, 0.1) is 11.2 Å². The molecule has 0 unspecified atom stereocenters. The van der Waals surface area contributed by atoms with Gasteiger partial charge in [-0.25, -0.2) is 4.39 Å². The third-order valence-electron chi connectivity index (χ3n) is 3.06. The van der Waals surface area contributed by atoms with Gasteiger partial charge in [-0.2, -0.15) is 0 Å². The molecule has 0 aliphatic rings. The van der Waals surface area contributed by atoms with Gasteiger partial charge in [-0.1, -0.05) is 6.07 Å². The number of rotatable bonds is 5. The average Bonchev–Trinajstić information content (AvgIpc) is 2.46. The molecule has 1 aromatic heterocycles. The highest BCUT2D eigenvalue weighted by atomic mass is 19.1. The molecular weight excluding hydrogens is 255 g/mol. The first-order valence-corrected chi connectivity index (χ1v) is 6.40. The zero-order valence-corrected chi connectivity index (χ0v) is 11.3. The fourth-order valence-electron chi connectivity index (χ4n) is 1.99. The molecule has 0 radical (unpaired) electrons. The number of nitrogens with zero attached hydrogens (tertiary/aromatic N) is 2. The fraction of sp³-hybridized carbons (Fsp3) is 0.200. The van der Waals surface area contributed by atoms with Crippen LogP contribution in [-0.2, 0) is 6.54 Å². The van der Waals surface area contributed by atoms with Gasteiger partial charge in [0.25, 0.3) is 0 Å². The maximum absolute atomic E-state index is 14.1. The van der Waals surface area contributed by atoms with E-state index in [0.717, 1.165) is 5.69 Å². The summed E-state index contributed by atoms with van der Waals surface area (Å²) in [6, 6.07) is 10.3. The summed E-state index contributed by atoms with van der Waals surface area (Å²) >= 11 is 0. The lowest BCUT2D eigenvalue weighted by atomic mass is 10.1. The minimum absolute atomic E-state index is 0.136. The lowest BCUT2D eigenvalue weighted by molar-refractivity contribution is 0.616. The molecule has 0 fully saturated rings. The fourth-order valence-corrected chi connectivity index (χ4v) is 1.99. The van der Waals surface area contributed by atoms with Gasteiger partial charge in [0, 0.05) is 18.3 Å². The molecular formula is C15H17FN4. The number of benzene rings is 1. The van der Waals surface area contributed by atoms with Gasteiger partial charge < -0.3 is 10.6 Å². The third kappa shape index (κ3) is 3.12. The van der Waals surface area contributed by atoms with Crippen molar-refractivity contribution in [3.63, 3.8) is 0 Å². The highest BCUT2D eigenvalue weighted by Gasteiger charge is 2.12. The van der Waals surface area contributed by atoms with Crippen LogP contribution in [-0.4, -0.2) is 17.4 Å². The van der Waals surface area contributed by atoms with Gasteiger partial charge in [0.05, 0.1) is 17.9 Å². The van der Waals surface area contributed by atoms with E-state index in [-0.39, 0.29) is 11.7 Å². The number of pyridine rings is 1. The number of aromatic nitrogens is 1. The van der Waals surface area contributed by atoms with Crippen molar-refractivity contribution in [1.82, 2.24) is 4.98 Å². The summed E-state index contributed by atoms with van der Waals surface area (Å²) in [5.41, 5.74) is 7.12. The Hall–Kier alpha value is -2.43. The van der Waals surface area contributed by atoms with Crippen molar-refractivity contribution in [2.24, 2.45) is 5.73 Å². The molecule has 20 heavy (non-hydrogen) atoms. The van der Waals surface area contributed by atoms with Gasteiger partial charge in [-0.15, -0.1) is 0 Å². The number of nitrogen functional groups attached to an aromatic ring is 1. The van der Waals surface area contributed by atoms with E-state index in [0.29, 0.717) is 24.3 Å². The van der Waals surface area contributed by atoms with E-state index >= 15 is 0 Å². The Morgan fingerprint density at radius 1 is 1.35 bits per heavy atom. The summed E-state index contributed by atoms with van der Waals surface area (Å²) in [5, 5.41) is 7.32. The molecule has 0 amide bonds. The number of hydrogen-bond acceptors (Lipinski definition) is 3. The van der Waals surface area contributed by atoms with Crippen LogP contribution in [0.15, 0.2) is 42.6 Å². The van der Waals surface area contributed by atoms with Crippen molar-refractivity contribution < 1.29 is 4.39 Å². The zero-order valence-electron chi connectivity index (χ0n) is 11.3. The van der Waals surface area contributed by atoms with E-state index in [1.165, 1.54) is 6.07 Å². The molecule has 0 saturated carbocycles. The normalized spacial score (nSPS) is 10.3. The number of anilines is 1. The number of amidine groups is 1. The second kappa shape index (κ2) is 6.14. The van der Waals surface area contributed by atoms with Crippen molar-refractivity contribution >= 4 is 11.5 Å². The zero-order chi connectivity index (χ0) is 14.5. The minimum atomic E-state index is -0.379. The standard InChI is InChI=1S/C15H17FN4/c1-2-20(10-12-5-3-4-8-19-12)14-7-6-11(15(17)18)9-13(14)16/h3-9H,2,10H2,1H3,(H3,17,18). The monoisotopic (exact) mass is 272 g/mol. The summed E-state index contributed by atoms with van der Waals surface area (Å²) < 4.78 is 14.1. The first kappa shape index (κ1) is 14.0. The van der Waals surface area contributed by atoms with Crippen LogP contribution in [0.1, 0.15) is 18.2 Å². The van der Waals surface area contributed by atoms with Crippen LogP contribution in [0.3, 0.4) is 0 Å². The summed E-state index contributed by atoms with van der Waals surface area (Å²) in [7, 11) is 0. The maximum Gasteiger partial charge on any atom is 0.147 e. The van der Waals surface area contributed by atoms with Gasteiger partial charge in [-0.05, 0) is 37.3 Å². The highest BCUT2D eigenvalue weighted by molar-refractivity contribution is 5.95. The summed E-state index contributed by atoms with van der Waals surface area (Å²) in [6.45, 7) is 3.15. The van der Waals surface area contributed by atoms with Crippen LogP contribution in [0.2, 0.25) is 0 Å². The first-order valence-electron chi connectivity index (χ1n) is 6.40. The van der Waals surface area contributed by atoms with Gasteiger partial charge in [-0.3, -0.25) is 10.4 Å². The van der Waals surface area contributed by atoms with Crippen LogP contribution < -0.4 is 10.6 Å². The maximum atomic E-state index is 14.1. The van der Waals surface area contributed by atoms with Crippen molar-refractivity contribution in [2.45, 2.75) is 13.5 Å². The second-order valence-electron chi connectivity index (χ2n) is 4.42. The Morgan fingerprint density at radius 3 is 2.70 bits per heavy atom. The SMILES string of the molecule is CCN(Cc1ccccn1)c1ccc(C(=N)N)cc1F. The Kier molecular flexibility index (Phi) is 4.30. The van der Waals surface area contributed by atoms with Crippen LogP contribution in [0.4, 0.5) is 10.1 Å². The third-order valence-corrected chi connectivity index (χ3v) is 3.06. The summed E-state index contributed by atoms with van der Waals surface area (Å²) in [4.78, 5) is 6.14. The Balaban J connectivity index is 2.26. The summed E-state index contributed by atoms with van der Waals surface area (Å²) in [5.74, 6) is -0.515. The number of nitrogens with two attached hydrogens (primary N) is 1. The lowest BCUT2D eigenvalue weighted by Gasteiger charge is -2.23. The quantitative estimate of drug-likeness (QED) is 0.649. The molecule has 4 nitrogen and oxygen atoms in total. The predicted molar refractivity (Wildman–Crippen MR) is 78.4 cm³/mol. The molecule has 0 aliphatic carbocycles.